The largest absolute Gasteiger partial charge is 0.463 e. The maximum atomic E-state index is 11.2. The molecule has 0 saturated carbocycles. The van der Waals surface area contributed by atoms with Gasteiger partial charge in [0.25, 0.3) is 0 Å². The number of nitrogens with zero attached hydrogens (tertiary/aromatic N) is 3. The van der Waals surface area contributed by atoms with Crippen LogP contribution in [0.2, 0.25) is 0 Å². The second-order valence-electron chi connectivity index (χ2n) is 3.64. The summed E-state index contributed by atoms with van der Waals surface area (Å²) in [4.78, 5) is 21.6. The summed E-state index contributed by atoms with van der Waals surface area (Å²) in [5.74, 6) is -0.322. The lowest BCUT2D eigenvalue weighted by Gasteiger charge is -2.23. The molecule has 1 aromatic rings. The van der Waals surface area contributed by atoms with Crippen molar-refractivity contribution in [3.63, 3.8) is 0 Å². The molecule has 2 heterocycles. The van der Waals surface area contributed by atoms with Crippen molar-refractivity contribution in [3.8, 4) is 0 Å². The average molecular weight is 207 g/mol. The summed E-state index contributed by atoms with van der Waals surface area (Å²) in [5, 5.41) is 0. The first-order chi connectivity index (χ1) is 7.20. The number of carbonyl (C=O) groups excluding carboxylic acids is 1. The summed E-state index contributed by atoms with van der Waals surface area (Å²) in [6.45, 7) is 1.81. The van der Waals surface area contributed by atoms with Crippen molar-refractivity contribution in [3.05, 3.63) is 23.3 Å². The molecule has 0 N–H and O–H groups in total. The third kappa shape index (κ3) is 1.97. The van der Waals surface area contributed by atoms with Crippen LogP contribution in [0.3, 0.4) is 0 Å². The lowest BCUT2D eigenvalue weighted by Crippen LogP contribution is -2.28. The molecule has 1 aromatic heterocycles. The minimum Gasteiger partial charge on any atom is -0.463 e. The van der Waals surface area contributed by atoms with Gasteiger partial charge in [0.15, 0.2) is 0 Å². The third-order valence-corrected chi connectivity index (χ3v) is 2.49. The number of methoxy groups -OCH3 is 1. The van der Waals surface area contributed by atoms with E-state index in [2.05, 4.69) is 26.7 Å². The first-order valence-corrected chi connectivity index (χ1v) is 4.82. The summed E-state index contributed by atoms with van der Waals surface area (Å²) in [6.07, 6.45) is 2.57. The predicted octanol–water partition coefficient (Wildman–Crippen LogP) is 0.251. The fourth-order valence-electron chi connectivity index (χ4n) is 1.65. The van der Waals surface area contributed by atoms with Crippen molar-refractivity contribution in [1.29, 1.82) is 0 Å². The molecule has 80 valence electrons. The smallest absolute Gasteiger partial charge is 0.376 e. The van der Waals surface area contributed by atoms with Crippen molar-refractivity contribution in [2.24, 2.45) is 0 Å². The van der Waals surface area contributed by atoms with Crippen LogP contribution in [0, 0.1) is 0 Å². The van der Waals surface area contributed by atoms with Gasteiger partial charge in [0, 0.05) is 31.3 Å². The Balaban J connectivity index is 2.30. The van der Waals surface area contributed by atoms with E-state index < -0.39 is 5.97 Å². The van der Waals surface area contributed by atoms with E-state index in [1.165, 1.54) is 7.11 Å². The lowest BCUT2D eigenvalue weighted by molar-refractivity contribution is 0.0586. The summed E-state index contributed by atoms with van der Waals surface area (Å²) >= 11 is 0. The Morgan fingerprint density at radius 1 is 1.60 bits per heavy atom. The molecule has 0 amide bonds. The number of rotatable bonds is 1. The molecular formula is C10H13N3O2. The van der Waals surface area contributed by atoms with Crippen LogP contribution >= 0.6 is 0 Å². The van der Waals surface area contributed by atoms with Crippen LogP contribution in [-0.2, 0) is 17.7 Å². The first-order valence-electron chi connectivity index (χ1n) is 4.82. The summed E-state index contributed by atoms with van der Waals surface area (Å²) in [6, 6.07) is 0. The molecular weight excluding hydrogens is 194 g/mol. The number of carbonyl (C=O) groups is 1. The Morgan fingerprint density at radius 2 is 2.40 bits per heavy atom. The van der Waals surface area contributed by atoms with Crippen LogP contribution in [0.1, 0.15) is 21.9 Å². The molecule has 0 fully saturated rings. The van der Waals surface area contributed by atoms with Crippen molar-refractivity contribution in [2.45, 2.75) is 13.0 Å². The maximum Gasteiger partial charge on any atom is 0.376 e. The molecule has 0 unspecified atom stereocenters. The highest BCUT2D eigenvalue weighted by Gasteiger charge is 2.18. The maximum absolute atomic E-state index is 11.2. The minimum atomic E-state index is -0.475. The van der Waals surface area contributed by atoms with E-state index in [-0.39, 0.29) is 5.82 Å². The number of aromatic nitrogens is 2. The number of likely N-dealkylation sites (N-methyl/N-ethyl adjacent to an activating group) is 1. The third-order valence-electron chi connectivity index (χ3n) is 2.49. The minimum absolute atomic E-state index is 0.154. The van der Waals surface area contributed by atoms with Gasteiger partial charge in [-0.05, 0) is 7.05 Å². The van der Waals surface area contributed by atoms with E-state index in [1.807, 2.05) is 0 Å². The molecule has 1 aliphatic heterocycles. The molecule has 2 rings (SSSR count). The molecule has 0 spiro atoms. The fraction of sp³-hybridized carbons (Fsp3) is 0.500. The van der Waals surface area contributed by atoms with Gasteiger partial charge in [-0.3, -0.25) is 0 Å². The Bertz CT molecular complexity index is 392. The summed E-state index contributed by atoms with van der Waals surface area (Å²) in [5.41, 5.74) is 2.06. The summed E-state index contributed by atoms with van der Waals surface area (Å²) < 4.78 is 4.57. The molecule has 0 bridgehead atoms. The molecule has 0 radical (unpaired) electrons. The van der Waals surface area contributed by atoms with Gasteiger partial charge in [0.2, 0.25) is 5.82 Å². The molecule has 5 nitrogen and oxygen atoms in total. The zero-order valence-corrected chi connectivity index (χ0v) is 8.86. The Labute approximate surface area is 88.1 Å². The molecule has 0 aromatic carbocycles. The fourth-order valence-corrected chi connectivity index (χ4v) is 1.65. The Morgan fingerprint density at radius 3 is 3.13 bits per heavy atom. The quantitative estimate of drug-likeness (QED) is 0.618. The van der Waals surface area contributed by atoms with Crippen molar-refractivity contribution >= 4 is 5.97 Å². The second-order valence-corrected chi connectivity index (χ2v) is 3.64. The van der Waals surface area contributed by atoms with Gasteiger partial charge in [0.05, 0.1) is 12.8 Å². The van der Waals surface area contributed by atoms with Crippen molar-refractivity contribution in [2.75, 3.05) is 20.7 Å². The lowest BCUT2D eigenvalue weighted by atomic mass is 10.1. The van der Waals surface area contributed by atoms with Gasteiger partial charge in [-0.15, -0.1) is 0 Å². The van der Waals surface area contributed by atoms with E-state index in [4.69, 9.17) is 0 Å². The highest BCUT2D eigenvalue weighted by molar-refractivity contribution is 5.84. The molecule has 0 atom stereocenters. The van der Waals surface area contributed by atoms with Crippen LogP contribution in [0.15, 0.2) is 6.20 Å². The van der Waals surface area contributed by atoms with Gasteiger partial charge in [-0.1, -0.05) is 0 Å². The Kier molecular flexibility index (Phi) is 2.64. The van der Waals surface area contributed by atoms with E-state index in [1.54, 1.807) is 6.20 Å². The van der Waals surface area contributed by atoms with E-state index >= 15 is 0 Å². The Hall–Kier alpha value is -1.49. The van der Waals surface area contributed by atoms with Crippen molar-refractivity contribution < 1.29 is 9.53 Å². The monoisotopic (exact) mass is 207 g/mol. The highest BCUT2D eigenvalue weighted by atomic mass is 16.5. The zero-order valence-electron chi connectivity index (χ0n) is 8.86. The van der Waals surface area contributed by atoms with Crippen LogP contribution in [-0.4, -0.2) is 41.5 Å². The zero-order chi connectivity index (χ0) is 10.8. The van der Waals surface area contributed by atoms with Gasteiger partial charge < -0.3 is 9.64 Å². The summed E-state index contributed by atoms with van der Waals surface area (Å²) in [7, 11) is 3.38. The van der Waals surface area contributed by atoms with Crippen LogP contribution in [0.25, 0.3) is 0 Å². The molecule has 5 heteroatoms. The number of hydrogen-bond donors (Lipinski definition) is 0. The average Bonchev–Trinajstić information content (AvgIpc) is 2.27. The predicted molar refractivity (Wildman–Crippen MR) is 53.4 cm³/mol. The molecule has 0 aliphatic carbocycles. The standard InChI is InChI=1S/C10H13N3O2/c1-13-4-3-8-7(6-13)5-11-9(12-8)10(14)15-2/h5H,3-4,6H2,1-2H3. The topological polar surface area (TPSA) is 55.3 Å². The molecule has 0 saturated heterocycles. The van der Waals surface area contributed by atoms with Crippen LogP contribution in [0.4, 0.5) is 0 Å². The molecule has 15 heavy (non-hydrogen) atoms. The van der Waals surface area contributed by atoms with E-state index in [9.17, 15) is 4.79 Å². The number of fused-ring (bicyclic) bond motifs is 1. The van der Waals surface area contributed by atoms with Gasteiger partial charge >= 0.3 is 5.97 Å². The van der Waals surface area contributed by atoms with Crippen LogP contribution in [0.5, 0.6) is 0 Å². The van der Waals surface area contributed by atoms with Crippen LogP contribution < -0.4 is 0 Å². The molecule has 1 aliphatic rings. The SMILES string of the molecule is COC(=O)c1ncc2c(n1)CCN(C)C2. The number of ether oxygens (including phenoxy) is 1. The number of esters is 1. The van der Waals surface area contributed by atoms with Gasteiger partial charge in [-0.25, -0.2) is 14.8 Å². The van der Waals surface area contributed by atoms with E-state index in [0.717, 1.165) is 30.8 Å². The second kappa shape index (κ2) is 3.94. The van der Waals surface area contributed by atoms with E-state index in [0.29, 0.717) is 0 Å². The first kappa shape index (κ1) is 10.0. The number of hydrogen-bond acceptors (Lipinski definition) is 5. The van der Waals surface area contributed by atoms with Crippen molar-refractivity contribution in [1.82, 2.24) is 14.9 Å². The normalized spacial score (nSPS) is 15.9. The van der Waals surface area contributed by atoms with Gasteiger partial charge in [0.1, 0.15) is 0 Å². The highest BCUT2D eigenvalue weighted by Crippen LogP contribution is 2.14. The van der Waals surface area contributed by atoms with Gasteiger partial charge in [-0.2, -0.15) is 0 Å².